The fourth-order valence-electron chi connectivity index (χ4n) is 2.25. The highest BCUT2D eigenvalue weighted by molar-refractivity contribution is 7.98. The summed E-state index contributed by atoms with van der Waals surface area (Å²) >= 11 is 1.55. The van der Waals surface area contributed by atoms with Crippen molar-refractivity contribution < 1.29 is 9.72 Å². The van der Waals surface area contributed by atoms with E-state index in [0.717, 1.165) is 10.7 Å². The first-order valence-electron chi connectivity index (χ1n) is 8.16. The number of amides is 1. The maximum atomic E-state index is 12.2. The van der Waals surface area contributed by atoms with E-state index in [1.54, 1.807) is 42.4 Å². The second kappa shape index (κ2) is 8.91. The van der Waals surface area contributed by atoms with Crippen LogP contribution in [0.15, 0.2) is 65.1 Å². The normalized spacial score (nSPS) is 10.9. The monoisotopic (exact) mass is 396 g/mol. The zero-order chi connectivity index (χ0) is 19.9. The quantitative estimate of drug-likeness (QED) is 0.284. The molecule has 1 amide bonds. The van der Waals surface area contributed by atoms with Crippen molar-refractivity contribution >= 4 is 29.6 Å². The van der Waals surface area contributed by atoms with E-state index in [-0.39, 0.29) is 11.6 Å². The van der Waals surface area contributed by atoms with Gasteiger partial charge in [0.05, 0.1) is 11.1 Å². The first-order valence-corrected chi connectivity index (χ1v) is 9.15. The van der Waals surface area contributed by atoms with Crippen LogP contribution in [0.2, 0.25) is 0 Å². The third-order valence-corrected chi connectivity index (χ3v) is 4.82. The first kappa shape index (κ1) is 19.2. The molecular formula is C18H16N6O3S. The van der Waals surface area contributed by atoms with Gasteiger partial charge in [0.2, 0.25) is 0 Å². The van der Waals surface area contributed by atoms with Crippen LogP contribution in [0.1, 0.15) is 21.5 Å². The molecule has 0 aliphatic heterocycles. The van der Waals surface area contributed by atoms with Gasteiger partial charge in [-0.3, -0.25) is 14.9 Å². The standard InChI is InChI=1S/C18H16N6O3S/c1-23-12-20-22-18(23)28-11-13-5-7-15(8-6-13)17(25)21-19-10-14-3-2-4-16(9-14)24(26)27/h2-10,12H,11H2,1H3,(H,21,25)/b19-10+. The average Bonchev–Trinajstić information content (AvgIpc) is 3.11. The van der Waals surface area contributed by atoms with Gasteiger partial charge in [0.1, 0.15) is 6.33 Å². The van der Waals surface area contributed by atoms with E-state index in [2.05, 4.69) is 20.7 Å². The van der Waals surface area contributed by atoms with Crippen LogP contribution in [0.25, 0.3) is 0 Å². The number of nitrogens with zero attached hydrogens (tertiary/aromatic N) is 5. The van der Waals surface area contributed by atoms with Crippen molar-refractivity contribution in [3.8, 4) is 0 Å². The van der Waals surface area contributed by atoms with Crippen LogP contribution in [-0.4, -0.2) is 31.8 Å². The van der Waals surface area contributed by atoms with Crippen LogP contribution >= 0.6 is 11.8 Å². The Kier molecular flexibility index (Phi) is 6.12. The van der Waals surface area contributed by atoms with Crippen LogP contribution in [0.5, 0.6) is 0 Å². The predicted octanol–water partition coefficient (Wildman–Crippen LogP) is 2.78. The largest absolute Gasteiger partial charge is 0.312 e. The average molecular weight is 396 g/mol. The van der Waals surface area contributed by atoms with Crippen LogP contribution in [0.4, 0.5) is 5.69 Å². The zero-order valence-corrected chi connectivity index (χ0v) is 15.7. The lowest BCUT2D eigenvalue weighted by Gasteiger charge is -2.03. The number of nitrogens with one attached hydrogen (secondary N) is 1. The van der Waals surface area contributed by atoms with Gasteiger partial charge in [0.25, 0.3) is 11.6 Å². The molecule has 1 heterocycles. The number of nitro groups is 1. The van der Waals surface area contributed by atoms with Crippen LogP contribution in [0.3, 0.4) is 0 Å². The topological polar surface area (TPSA) is 115 Å². The van der Waals surface area contributed by atoms with E-state index in [1.165, 1.54) is 18.3 Å². The second-order valence-corrected chi connectivity index (χ2v) is 6.70. The van der Waals surface area contributed by atoms with Gasteiger partial charge in [-0.2, -0.15) is 5.10 Å². The van der Waals surface area contributed by atoms with Crippen molar-refractivity contribution in [2.24, 2.45) is 12.1 Å². The number of hydrazone groups is 1. The van der Waals surface area contributed by atoms with E-state index >= 15 is 0 Å². The summed E-state index contributed by atoms with van der Waals surface area (Å²) < 4.78 is 1.84. The molecule has 3 aromatic rings. The van der Waals surface area contributed by atoms with Gasteiger partial charge >= 0.3 is 0 Å². The number of benzene rings is 2. The van der Waals surface area contributed by atoms with Crippen molar-refractivity contribution in [2.45, 2.75) is 10.9 Å². The number of non-ortho nitro benzene ring substituents is 1. The molecule has 3 rings (SSSR count). The molecule has 0 aliphatic carbocycles. The molecule has 1 N–H and O–H groups in total. The van der Waals surface area contributed by atoms with E-state index in [1.807, 2.05) is 23.7 Å². The molecule has 0 aliphatic rings. The van der Waals surface area contributed by atoms with Crippen molar-refractivity contribution in [1.82, 2.24) is 20.2 Å². The molecule has 9 nitrogen and oxygen atoms in total. The maximum absolute atomic E-state index is 12.2. The van der Waals surface area contributed by atoms with Crippen LogP contribution < -0.4 is 5.43 Å². The Labute approximate surface area is 164 Å². The number of hydrogen-bond donors (Lipinski definition) is 1. The number of nitro benzene ring substituents is 1. The molecule has 0 fully saturated rings. The fourth-order valence-corrected chi connectivity index (χ4v) is 3.10. The predicted molar refractivity (Wildman–Crippen MR) is 105 cm³/mol. The Balaban J connectivity index is 1.55. The van der Waals surface area contributed by atoms with Gasteiger partial charge in [0.15, 0.2) is 5.16 Å². The lowest BCUT2D eigenvalue weighted by Crippen LogP contribution is -2.17. The smallest absolute Gasteiger partial charge is 0.271 e. The highest BCUT2D eigenvalue weighted by Gasteiger charge is 2.07. The van der Waals surface area contributed by atoms with Crippen LogP contribution in [-0.2, 0) is 12.8 Å². The number of thioether (sulfide) groups is 1. The van der Waals surface area contributed by atoms with Gasteiger partial charge in [-0.15, -0.1) is 10.2 Å². The Hall–Kier alpha value is -3.53. The zero-order valence-electron chi connectivity index (χ0n) is 14.8. The Morgan fingerprint density at radius 3 is 2.79 bits per heavy atom. The summed E-state index contributed by atoms with van der Waals surface area (Å²) in [6.45, 7) is 0. The molecule has 0 unspecified atom stereocenters. The van der Waals surface area contributed by atoms with Crippen molar-refractivity contribution in [3.63, 3.8) is 0 Å². The van der Waals surface area contributed by atoms with Gasteiger partial charge in [-0.25, -0.2) is 5.43 Å². The Morgan fingerprint density at radius 2 is 2.11 bits per heavy atom. The van der Waals surface area contributed by atoms with Crippen LogP contribution in [0, 0.1) is 10.1 Å². The highest BCUT2D eigenvalue weighted by atomic mass is 32.2. The summed E-state index contributed by atoms with van der Waals surface area (Å²) in [5, 5.41) is 23.3. The molecule has 10 heteroatoms. The number of hydrogen-bond acceptors (Lipinski definition) is 7. The number of aryl methyl sites for hydroxylation is 1. The maximum Gasteiger partial charge on any atom is 0.271 e. The molecule has 0 saturated carbocycles. The molecule has 0 radical (unpaired) electrons. The molecular weight excluding hydrogens is 380 g/mol. The molecule has 142 valence electrons. The van der Waals surface area contributed by atoms with E-state index in [0.29, 0.717) is 16.9 Å². The Bertz CT molecular complexity index is 1020. The van der Waals surface area contributed by atoms with E-state index < -0.39 is 4.92 Å². The third kappa shape index (κ3) is 5.01. The summed E-state index contributed by atoms with van der Waals surface area (Å²) in [5.74, 6) is 0.341. The van der Waals surface area contributed by atoms with E-state index in [4.69, 9.17) is 0 Å². The lowest BCUT2D eigenvalue weighted by molar-refractivity contribution is -0.384. The lowest BCUT2D eigenvalue weighted by atomic mass is 10.1. The minimum absolute atomic E-state index is 0.0370. The fraction of sp³-hybridized carbons (Fsp3) is 0.111. The second-order valence-electron chi connectivity index (χ2n) is 5.76. The van der Waals surface area contributed by atoms with Gasteiger partial charge in [-0.05, 0) is 17.7 Å². The van der Waals surface area contributed by atoms with Crippen molar-refractivity contribution in [1.29, 1.82) is 0 Å². The van der Waals surface area contributed by atoms with Gasteiger partial charge in [0, 0.05) is 36.1 Å². The summed E-state index contributed by atoms with van der Waals surface area (Å²) in [6.07, 6.45) is 3.00. The summed E-state index contributed by atoms with van der Waals surface area (Å²) in [5.41, 5.74) is 4.40. The minimum Gasteiger partial charge on any atom is -0.312 e. The summed E-state index contributed by atoms with van der Waals surface area (Å²) in [7, 11) is 1.88. The number of aromatic nitrogens is 3. The van der Waals surface area contributed by atoms with Gasteiger partial charge < -0.3 is 4.57 Å². The number of carbonyl (C=O) groups excluding carboxylic acids is 1. The number of rotatable bonds is 7. The van der Waals surface area contributed by atoms with Gasteiger partial charge in [-0.1, -0.05) is 36.0 Å². The molecule has 0 saturated heterocycles. The minimum atomic E-state index is -0.486. The molecule has 0 spiro atoms. The third-order valence-electron chi connectivity index (χ3n) is 3.71. The van der Waals surface area contributed by atoms with Crippen molar-refractivity contribution in [3.05, 3.63) is 81.7 Å². The number of carbonyl (C=O) groups is 1. The Morgan fingerprint density at radius 1 is 1.32 bits per heavy atom. The summed E-state index contributed by atoms with van der Waals surface area (Å²) in [4.78, 5) is 22.4. The molecule has 2 aromatic carbocycles. The molecule has 1 aromatic heterocycles. The molecule has 0 atom stereocenters. The first-order chi connectivity index (χ1) is 13.5. The van der Waals surface area contributed by atoms with Crippen molar-refractivity contribution in [2.75, 3.05) is 0 Å². The van der Waals surface area contributed by atoms with E-state index in [9.17, 15) is 14.9 Å². The molecule has 28 heavy (non-hydrogen) atoms. The molecule has 0 bridgehead atoms. The SMILES string of the molecule is Cn1cnnc1SCc1ccc(C(=O)N/N=C/c2cccc([N+](=O)[O-])c2)cc1. The summed E-state index contributed by atoms with van der Waals surface area (Å²) in [6, 6.07) is 13.1. The highest BCUT2D eigenvalue weighted by Crippen LogP contribution is 2.20.